The predicted molar refractivity (Wildman–Crippen MR) is 165 cm³/mol. The lowest BCUT2D eigenvalue weighted by atomic mass is 9.98. The van der Waals surface area contributed by atoms with Gasteiger partial charge in [-0.1, -0.05) is 35.9 Å². The molecule has 41 heavy (non-hydrogen) atoms. The van der Waals surface area contributed by atoms with Crippen molar-refractivity contribution in [1.29, 1.82) is 5.26 Å². The van der Waals surface area contributed by atoms with Crippen LogP contribution in [0.4, 0.5) is 5.88 Å². The number of benzene rings is 4. The van der Waals surface area contributed by atoms with Crippen LogP contribution in [0.15, 0.2) is 105 Å². The van der Waals surface area contributed by atoms with Gasteiger partial charge in [0.25, 0.3) is 0 Å². The van der Waals surface area contributed by atoms with Crippen molar-refractivity contribution < 1.29 is 18.6 Å². The Kier molecular flexibility index (Phi) is 8.73. The monoisotopic (exact) mass is 626 g/mol. The molecule has 5 aromatic rings. The molecule has 0 fully saturated rings. The fourth-order valence-corrected chi connectivity index (χ4v) is 4.82. The highest BCUT2D eigenvalue weighted by Crippen LogP contribution is 2.43. The van der Waals surface area contributed by atoms with Gasteiger partial charge in [0, 0.05) is 22.4 Å². The molecule has 8 heteroatoms. The molecular weight excluding hydrogens is 604 g/mol. The van der Waals surface area contributed by atoms with Gasteiger partial charge in [-0.25, -0.2) is 4.99 Å². The highest BCUT2D eigenvalue weighted by molar-refractivity contribution is 9.10. The number of nitriles is 1. The van der Waals surface area contributed by atoms with Gasteiger partial charge in [-0.15, -0.1) is 0 Å². The van der Waals surface area contributed by atoms with Crippen molar-refractivity contribution in [2.45, 2.75) is 6.61 Å². The normalized spacial score (nSPS) is 10.9. The summed E-state index contributed by atoms with van der Waals surface area (Å²) in [6.45, 7) is 0.406. The molecule has 0 atom stereocenters. The Morgan fingerprint density at radius 2 is 1.51 bits per heavy atom. The number of aliphatic imine (C=N–C) groups is 1. The van der Waals surface area contributed by atoms with E-state index >= 15 is 0 Å². The molecule has 0 amide bonds. The molecule has 0 aliphatic carbocycles. The second-order valence-corrected chi connectivity index (χ2v) is 10.2. The molecule has 0 saturated heterocycles. The SMILES string of the molecule is COc1ccc(-c2oc(N=Cc3ccc(OCc4ccc(Cl)cc4)c(Br)c3)c(C#N)c2-c2ccc(OC)cc2)cc1. The molecule has 0 radical (unpaired) electrons. The Labute approximate surface area is 251 Å². The van der Waals surface area contributed by atoms with Crippen LogP contribution in [0.3, 0.4) is 0 Å². The van der Waals surface area contributed by atoms with E-state index < -0.39 is 0 Å². The third kappa shape index (κ3) is 6.46. The standard InChI is InChI=1S/C33H24BrClN2O4/c1-38-26-12-6-23(7-13-26)31-28(18-36)33(41-32(31)24-8-14-27(39-2)15-9-24)37-19-22-5-16-30(29(34)17-22)40-20-21-3-10-25(35)11-4-21/h3-17,19H,20H2,1-2H3. The second kappa shape index (κ2) is 12.8. The molecule has 6 nitrogen and oxygen atoms in total. The lowest BCUT2D eigenvalue weighted by molar-refractivity contribution is 0.304. The van der Waals surface area contributed by atoms with Gasteiger partial charge in [0.1, 0.15) is 41.2 Å². The zero-order valence-electron chi connectivity index (χ0n) is 22.2. The topological polar surface area (TPSA) is 77.0 Å². The van der Waals surface area contributed by atoms with Crippen LogP contribution in [0.2, 0.25) is 5.02 Å². The van der Waals surface area contributed by atoms with Crippen LogP contribution < -0.4 is 14.2 Å². The van der Waals surface area contributed by atoms with Crippen LogP contribution in [-0.2, 0) is 6.61 Å². The molecule has 0 aliphatic rings. The molecule has 4 aromatic carbocycles. The van der Waals surface area contributed by atoms with Crippen molar-refractivity contribution in [2.75, 3.05) is 14.2 Å². The summed E-state index contributed by atoms with van der Waals surface area (Å²) in [7, 11) is 3.22. The van der Waals surface area contributed by atoms with Gasteiger partial charge < -0.3 is 18.6 Å². The van der Waals surface area contributed by atoms with Crippen molar-refractivity contribution in [2.24, 2.45) is 4.99 Å². The molecule has 5 rings (SSSR count). The van der Waals surface area contributed by atoms with Crippen LogP contribution in [0.5, 0.6) is 17.2 Å². The van der Waals surface area contributed by atoms with Gasteiger partial charge in [-0.3, -0.25) is 0 Å². The number of halogens is 2. The molecule has 0 unspecified atom stereocenters. The minimum Gasteiger partial charge on any atom is -0.497 e. The van der Waals surface area contributed by atoms with E-state index in [1.807, 2.05) is 91.0 Å². The van der Waals surface area contributed by atoms with E-state index in [-0.39, 0.29) is 5.88 Å². The van der Waals surface area contributed by atoms with E-state index in [4.69, 9.17) is 30.2 Å². The molecule has 0 N–H and O–H groups in total. The lowest BCUT2D eigenvalue weighted by Gasteiger charge is -2.09. The Hall–Kier alpha value is -4.51. The van der Waals surface area contributed by atoms with E-state index in [2.05, 4.69) is 27.0 Å². The highest BCUT2D eigenvalue weighted by atomic mass is 79.9. The lowest BCUT2D eigenvalue weighted by Crippen LogP contribution is -1.96. The van der Waals surface area contributed by atoms with Gasteiger partial charge >= 0.3 is 0 Å². The number of methoxy groups -OCH3 is 2. The van der Waals surface area contributed by atoms with Gasteiger partial charge in [-0.05, 0) is 99.4 Å². The third-order valence-corrected chi connectivity index (χ3v) is 7.20. The van der Waals surface area contributed by atoms with Crippen LogP contribution >= 0.6 is 27.5 Å². The maximum absolute atomic E-state index is 10.2. The van der Waals surface area contributed by atoms with Gasteiger partial charge in [0.05, 0.1) is 18.7 Å². The van der Waals surface area contributed by atoms with E-state index in [1.165, 1.54) is 0 Å². The zero-order chi connectivity index (χ0) is 28.8. The number of hydrogen-bond acceptors (Lipinski definition) is 6. The van der Waals surface area contributed by atoms with Gasteiger partial charge in [0.15, 0.2) is 0 Å². The van der Waals surface area contributed by atoms with Crippen molar-refractivity contribution in [3.05, 3.63) is 117 Å². The summed E-state index contributed by atoms with van der Waals surface area (Å²) >= 11 is 9.55. The molecule has 204 valence electrons. The number of hydrogen-bond donors (Lipinski definition) is 0. The van der Waals surface area contributed by atoms with Crippen LogP contribution in [0.1, 0.15) is 16.7 Å². The maximum atomic E-state index is 10.2. The van der Waals surface area contributed by atoms with Crippen molar-refractivity contribution in [1.82, 2.24) is 0 Å². The first kappa shape index (κ1) is 28.0. The molecular formula is C33H24BrClN2O4. The van der Waals surface area contributed by atoms with E-state index in [0.717, 1.165) is 32.5 Å². The number of nitrogens with zero attached hydrogens (tertiary/aromatic N) is 2. The van der Waals surface area contributed by atoms with Crippen molar-refractivity contribution in [3.63, 3.8) is 0 Å². The quantitative estimate of drug-likeness (QED) is 0.152. The summed E-state index contributed by atoms with van der Waals surface area (Å²) in [6.07, 6.45) is 1.66. The average molecular weight is 628 g/mol. The maximum Gasteiger partial charge on any atom is 0.238 e. The summed E-state index contributed by atoms with van der Waals surface area (Å²) in [5, 5.41) is 10.9. The number of rotatable bonds is 9. The van der Waals surface area contributed by atoms with E-state index in [0.29, 0.717) is 40.0 Å². The Bertz CT molecular complexity index is 1720. The fraction of sp³-hybridized carbons (Fsp3) is 0.0909. The largest absolute Gasteiger partial charge is 0.497 e. The molecule has 0 saturated carbocycles. The summed E-state index contributed by atoms with van der Waals surface area (Å²) in [5.74, 6) is 2.87. The third-order valence-electron chi connectivity index (χ3n) is 6.33. The van der Waals surface area contributed by atoms with Gasteiger partial charge in [-0.2, -0.15) is 5.26 Å². The first-order valence-corrected chi connectivity index (χ1v) is 13.7. The molecule has 0 spiro atoms. The summed E-state index contributed by atoms with van der Waals surface area (Å²) in [4.78, 5) is 4.58. The van der Waals surface area contributed by atoms with E-state index in [9.17, 15) is 5.26 Å². The summed E-state index contributed by atoms with van der Waals surface area (Å²) < 4.78 is 23.6. The van der Waals surface area contributed by atoms with Gasteiger partial charge in [0.2, 0.25) is 5.88 Å². The minimum absolute atomic E-state index is 0.211. The molecule has 1 heterocycles. The number of furan rings is 1. The zero-order valence-corrected chi connectivity index (χ0v) is 24.6. The van der Waals surface area contributed by atoms with E-state index in [1.54, 1.807) is 20.4 Å². The second-order valence-electron chi connectivity index (χ2n) is 8.92. The summed E-state index contributed by atoms with van der Waals surface area (Å²) in [6, 6.07) is 30.4. The predicted octanol–water partition coefficient (Wildman–Crippen LogP) is 9.25. The molecule has 0 bridgehead atoms. The minimum atomic E-state index is 0.211. The molecule has 1 aromatic heterocycles. The number of ether oxygens (including phenoxy) is 3. The van der Waals surface area contributed by atoms with Crippen molar-refractivity contribution in [3.8, 4) is 45.8 Å². The highest BCUT2D eigenvalue weighted by Gasteiger charge is 2.23. The fourth-order valence-electron chi connectivity index (χ4n) is 4.18. The van der Waals surface area contributed by atoms with Crippen LogP contribution in [0, 0.1) is 11.3 Å². The summed E-state index contributed by atoms with van der Waals surface area (Å²) in [5.41, 5.74) is 4.39. The smallest absolute Gasteiger partial charge is 0.238 e. The van der Waals surface area contributed by atoms with Crippen LogP contribution in [0.25, 0.3) is 22.5 Å². The first-order chi connectivity index (χ1) is 20.0. The van der Waals surface area contributed by atoms with Crippen LogP contribution in [-0.4, -0.2) is 20.4 Å². The average Bonchev–Trinajstić information content (AvgIpc) is 3.39. The molecule has 0 aliphatic heterocycles. The Morgan fingerprint density at radius 3 is 2.10 bits per heavy atom. The Morgan fingerprint density at radius 1 is 0.878 bits per heavy atom. The first-order valence-electron chi connectivity index (χ1n) is 12.6. The Balaban J connectivity index is 1.46. The van der Waals surface area contributed by atoms with Crippen molar-refractivity contribution >= 4 is 39.6 Å².